The molecule has 29 heavy (non-hydrogen) atoms. The molecule has 0 aliphatic rings. The molecule has 3 aromatic rings. The molecule has 6 heteroatoms. The zero-order chi connectivity index (χ0) is 20.5. The Morgan fingerprint density at radius 1 is 0.931 bits per heavy atom. The second kappa shape index (κ2) is 10.5. The number of carbonyl (C=O) groups excluding carboxylic acids is 1. The van der Waals surface area contributed by atoms with Crippen molar-refractivity contribution in [3.05, 3.63) is 89.4 Å². The molecule has 2 aromatic carbocycles. The lowest BCUT2D eigenvalue weighted by molar-refractivity contribution is 0.0338. The van der Waals surface area contributed by atoms with Gasteiger partial charge in [-0.2, -0.15) is 0 Å². The predicted molar refractivity (Wildman–Crippen MR) is 110 cm³/mol. The molecule has 0 spiro atoms. The molecule has 0 saturated carbocycles. The second-order valence-electron chi connectivity index (χ2n) is 6.61. The summed E-state index contributed by atoms with van der Waals surface area (Å²) in [7, 11) is 1.66. The van der Waals surface area contributed by atoms with Gasteiger partial charge >= 0.3 is 5.91 Å². The molecular formula is C23H26N2O4. The summed E-state index contributed by atoms with van der Waals surface area (Å²) in [6, 6.07) is 21.8. The summed E-state index contributed by atoms with van der Waals surface area (Å²) >= 11 is 0. The molecule has 6 nitrogen and oxygen atoms in total. The molecule has 0 bridgehead atoms. The zero-order valence-corrected chi connectivity index (χ0v) is 16.8. The van der Waals surface area contributed by atoms with Gasteiger partial charge in [0.25, 0.3) is 0 Å². The van der Waals surface area contributed by atoms with E-state index >= 15 is 0 Å². The molecule has 0 unspecified atom stereocenters. The third kappa shape index (κ3) is 6.20. The first kappa shape index (κ1) is 20.6. The Hall–Kier alpha value is -3.09. The molecule has 0 atom stereocenters. The van der Waals surface area contributed by atoms with Crippen LogP contribution >= 0.6 is 0 Å². The first-order valence-electron chi connectivity index (χ1n) is 9.58. The van der Waals surface area contributed by atoms with Gasteiger partial charge in [-0.3, -0.25) is 14.5 Å². The van der Waals surface area contributed by atoms with Crippen LogP contribution in [0.15, 0.2) is 71.1 Å². The van der Waals surface area contributed by atoms with Gasteiger partial charge in [-0.15, -0.1) is 0 Å². The molecule has 1 N–H and O–H groups in total. The molecule has 0 fully saturated rings. The number of ether oxygens (including phenoxy) is 1. The quantitative estimate of drug-likeness (QED) is 0.523. The topological polar surface area (TPSA) is 63.9 Å². The Morgan fingerprint density at radius 3 is 2.28 bits per heavy atom. The monoisotopic (exact) mass is 394 g/mol. The highest BCUT2D eigenvalue weighted by Gasteiger charge is 2.15. The summed E-state index contributed by atoms with van der Waals surface area (Å²) in [6.45, 7) is 4.26. The van der Waals surface area contributed by atoms with Crippen LogP contribution in [0.4, 0.5) is 0 Å². The number of furan rings is 1. The van der Waals surface area contributed by atoms with E-state index in [1.54, 1.807) is 20.1 Å². The van der Waals surface area contributed by atoms with Gasteiger partial charge in [-0.1, -0.05) is 42.5 Å². The number of amides is 1. The van der Waals surface area contributed by atoms with Crippen molar-refractivity contribution in [2.45, 2.75) is 26.6 Å². The summed E-state index contributed by atoms with van der Waals surface area (Å²) in [5.41, 5.74) is 4.73. The molecule has 152 valence electrons. The maximum Gasteiger partial charge on any atom is 0.310 e. The van der Waals surface area contributed by atoms with Crippen molar-refractivity contribution in [2.24, 2.45) is 0 Å². The van der Waals surface area contributed by atoms with E-state index in [2.05, 4.69) is 34.6 Å². The van der Waals surface area contributed by atoms with Crippen LogP contribution in [0.2, 0.25) is 0 Å². The Balaban J connectivity index is 1.72. The molecule has 1 amide bonds. The van der Waals surface area contributed by atoms with Crippen LogP contribution in [-0.4, -0.2) is 24.5 Å². The normalized spacial score (nSPS) is 10.9. The van der Waals surface area contributed by atoms with Crippen molar-refractivity contribution >= 4 is 5.91 Å². The standard InChI is InChI=1S/C23H26N2O4/c1-3-28-24-23(26)22-14-13-21(29-22)17-25(15-18-7-5-4-6-8-18)16-19-9-11-20(27-2)12-10-19/h4-14H,3,15-17H2,1-2H3,(H,24,26). The van der Waals surface area contributed by atoms with E-state index in [0.29, 0.717) is 13.2 Å². The van der Waals surface area contributed by atoms with Gasteiger partial charge in [0.15, 0.2) is 5.76 Å². The second-order valence-corrected chi connectivity index (χ2v) is 6.61. The van der Waals surface area contributed by atoms with Gasteiger partial charge in [-0.05, 0) is 42.3 Å². The first-order chi connectivity index (χ1) is 14.2. The molecular weight excluding hydrogens is 368 g/mol. The lowest BCUT2D eigenvalue weighted by Crippen LogP contribution is -2.23. The molecule has 0 aliphatic heterocycles. The van der Waals surface area contributed by atoms with Crippen molar-refractivity contribution in [2.75, 3.05) is 13.7 Å². The Labute approximate surface area is 171 Å². The van der Waals surface area contributed by atoms with Gasteiger partial charge < -0.3 is 9.15 Å². The van der Waals surface area contributed by atoms with Gasteiger partial charge in [0.1, 0.15) is 11.5 Å². The number of hydrogen-bond acceptors (Lipinski definition) is 5. The predicted octanol–water partition coefficient (Wildman–Crippen LogP) is 4.17. The van der Waals surface area contributed by atoms with Crippen molar-refractivity contribution in [1.82, 2.24) is 10.4 Å². The number of nitrogens with one attached hydrogen (secondary N) is 1. The minimum atomic E-state index is -0.386. The highest BCUT2D eigenvalue weighted by molar-refractivity contribution is 5.90. The Bertz CT molecular complexity index is 891. The van der Waals surface area contributed by atoms with Crippen molar-refractivity contribution in [3.63, 3.8) is 0 Å². The van der Waals surface area contributed by atoms with Crippen molar-refractivity contribution in [1.29, 1.82) is 0 Å². The fourth-order valence-electron chi connectivity index (χ4n) is 2.99. The van der Waals surface area contributed by atoms with Crippen molar-refractivity contribution < 1.29 is 18.8 Å². The average Bonchev–Trinajstić information content (AvgIpc) is 3.22. The summed E-state index contributed by atoms with van der Waals surface area (Å²) in [4.78, 5) is 19.2. The van der Waals surface area contributed by atoms with E-state index in [1.165, 1.54) is 11.1 Å². The van der Waals surface area contributed by atoms with Crippen molar-refractivity contribution in [3.8, 4) is 5.75 Å². The summed E-state index contributed by atoms with van der Waals surface area (Å²) in [5.74, 6) is 1.40. The van der Waals surface area contributed by atoms with Crippen LogP contribution in [0, 0.1) is 0 Å². The molecule has 1 heterocycles. The van der Waals surface area contributed by atoms with Gasteiger partial charge in [0, 0.05) is 13.1 Å². The number of hydroxylamine groups is 1. The number of nitrogens with zero attached hydrogens (tertiary/aromatic N) is 1. The number of methoxy groups -OCH3 is 1. The lowest BCUT2D eigenvalue weighted by atomic mass is 10.1. The van der Waals surface area contributed by atoms with Crippen LogP contribution in [0.5, 0.6) is 5.75 Å². The Morgan fingerprint density at radius 2 is 1.62 bits per heavy atom. The number of hydrogen-bond donors (Lipinski definition) is 1. The molecule has 0 aliphatic carbocycles. The highest BCUT2D eigenvalue weighted by Crippen LogP contribution is 2.18. The summed E-state index contributed by atoms with van der Waals surface area (Å²) < 4.78 is 11.0. The minimum absolute atomic E-state index is 0.234. The molecule has 3 rings (SSSR count). The van der Waals surface area contributed by atoms with Gasteiger partial charge in [0.05, 0.1) is 20.3 Å². The fraction of sp³-hybridized carbons (Fsp3) is 0.261. The molecule has 0 radical (unpaired) electrons. The zero-order valence-electron chi connectivity index (χ0n) is 16.8. The van der Waals surface area contributed by atoms with E-state index in [4.69, 9.17) is 14.0 Å². The maximum absolute atomic E-state index is 12.0. The van der Waals surface area contributed by atoms with Crippen LogP contribution in [0.25, 0.3) is 0 Å². The van der Waals surface area contributed by atoms with Crippen LogP contribution in [-0.2, 0) is 24.5 Å². The summed E-state index contributed by atoms with van der Waals surface area (Å²) in [6.07, 6.45) is 0. The summed E-state index contributed by atoms with van der Waals surface area (Å²) in [5, 5.41) is 0. The first-order valence-corrected chi connectivity index (χ1v) is 9.58. The van der Waals surface area contributed by atoms with Crippen LogP contribution in [0.3, 0.4) is 0 Å². The molecule has 0 saturated heterocycles. The minimum Gasteiger partial charge on any atom is -0.497 e. The average molecular weight is 394 g/mol. The highest BCUT2D eigenvalue weighted by atomic mass is 16.7. The number of rotatable bonds is 10. The Kier molecular flexibility index (Phi) is 7.44. The fourth-order valence-corrected chi connectivity index (χ4v) is 2.99. The largest absolute Gasteiger partial charge is 0.497 e. The van der Waals surface area contributed by atoms with E-state index in [9.17, 15) is 4.79 Å². The SMILES string of the molecule is CCONC(=O)c1ccc(CN(Cc2ccccc2)Cc2ccc(OC)cc2)o1. The molecule has 1 aromatic heterocycles. The number of carbonyl (C=O) groups is 1. The van der Waals surface area contributed by atoms with Gasteiger partial charge in [0.2, 0.25) is 0 Å². The maximum atomic E-state index is 12.0. The van der Waals surface area contributed by atoms with Crippen LogP contribution in [0.1, 0.15) is 34.4 Å². The van der Waals surface area contributed by atoms with E-state index in [-0.39, 0.29) is 11.7 Å². The van der Waals surface area contributed by atoms with E-state index < -0.39 is 0 Å². The van der Waals surface area contributed by atoms with Gasteiger partial charge in [-0.25, -0.2) is 5.48 Å². The number of benzene rings is 2. The van der Waals surface area contributed by atoms with Crippen LogP contribution < -0.4 is 10.2 Å². The van der Waals surface area contributed by atoms with E-state index in [1.807, 2.05) is 36.4 Å². The third-order valence-corrected chi connectivity index (χ3v) is 4.39. The third-order valence-electron chi connectivity index (χ3n) is 4.39. The lowest BCUT2D eigenvalue weighted by Gasteiger charge is -2.21. The van der Waals surface area contributed by atoms with E-state index in [0.717, 1.165) is 24.6 Å². The smallest absolute Gasteiger partial charge is 0.310 e.